The molecule has 0 unspecified atom stereocenters. The molecule has 612 valence electrons. The van der Waals surface area contributed by atoms with Gasteiger partial charge in [0.25, 0.3) is 0 Å². The van der Waals surface area contributed by atoms with Crippen LogP contribution in [-0.4, -0.2) is 250 Å². The molecule has 0 bridgehead atoms. The summed E-state index contributed by atoms with van der Waals surface area (Å²) in [6.45, 7) is 15.8. The summed E-state index contributed by atoms with van der Waals surface area (Å²) in [5.41, 5.74) is 12.2. The van der Waals surface area contributed by atoms with Crippen LogP contribution in [0.2, 0.25) is 20.3 Å². The molecule has 112 heavy (non-hydrogen) atoms. The number of benzene rings is 4. The molecule has 6 rings (SSSR count). The summed E-state index contributed by atoms with van der Waals surface area (Å²) in [7, 11) is 2.03. The standard InChI is InChI=1S/C78H110N14O14S2Se4/c1-10-46(5)63(80)74(101)90-65(49(8)111-53-31-20-14-21-32-53)76(103)88-60(44-110-52-29-18-13-19-30-52)72(99)89-64(47(6)11-2)75(102)87-59(43-109-51-27-16-12-17-28-51)71(98)85-56(39-45(3)4)68(95)86-58-42-108-107-41-57(69(96)84-55(35-24-25-37-79)67(94)82-48(7)78(105)106)83-62(93)40-81-73(100)61-36-26-38-92(61)77(104)66(91-70(58)97)50(9)112-54-33-22-15-23-34-54/h12-23,27-34,45-50,55-61,63-66H,10-11,24-26,35-44,79-80H2,1-9H3,(H,81,100)(H,82,94)(H,83,93)(H,84,96)(H,85,98)(H,86,95)(H,87,102)(H,88,103)(H,89,99)(H,90,101)(H,91,97)(H,105,106)/t46-,47-,48-,49-,50-,55-,56-,57-,58-,59-,60-,61-,63-,64-,65-,66-/m0/s1. The number of amides is 12. The van der Waals surface area contributed by atoms with Crippen LogP contribution < -0.4 is 87.8 Å². The molecule has 2 saturated heterocycles. The van der Waals surface area contributed by atoms with Gasteiger partial charge in [-0.3, -0.25) is 9.59 Å². The van der Waals surface area contributed by atoms with Gasteiger partial charge >= 0.3 is 619 Å². The van der Waals surface area contributed by atoms with Crippen LogP contribution in [0.3, 0.4) is 0 Å². The summed E-state index contributed by atoms with van der Waals surface area (Å²) in [6.07, 6.45) is 2.49. The second-order valence-electron chi connectivity index (χ2n) is 28.2. The second kappa shape index (κ2) is 48.8. The average molecular weight is 1850 g/mol. The number of carbonyl (C=O) groups is 13. The molecule has 12 amide bonds. The number of fused-ring (bicyclic) bond motifs is 1. The van der Waals surface area contributed by atoms with E-state index >= 15 is 28.8 Å². The van der Waals surface area contributed by atoms with Crippen molar-refractivity contribution in [3.05, 3.63) is 121 Å². The summed E-state index contributed by atoms with van der Waals surface area (Å²) in [5.74, 6) is -11.4. The van der Waals surface area contributed by atoms with E-state index in [1.54, 1.807) is 6.92 Å². The topological polar surface area (TPSA) is 430 Å². The van der Waals surface area contributed by atoms with E-state index < -0.39 is 216 Å². The van der Waals surface area contributed by atoms with E-state index in [0.29, 0.717) is 32.1 Å². The Morgan fingerprint density at radius 3 is 1.62 bits per heavy atom. The van der Waals surface area contributed by atoms with Crippen LogP contribution in [0.25, 0.3) is 0 Å². The molecule has 0 radical (unpaired) electrons. The molecular weight excluding hydrogens is 1740 g/mol. The normalized spacial score (nSPS) is 19.7. The minimum atomic E-state index is -1.49. The van der Waals surface area contributed by atoms with Crippen molar-refractivity contribution in [2.24, 2.45) is 29.2 Å². The van der Waals surface area contributed by atoms with E-state index in [1.807, 2.05) is 170 Å². The van der Waals surface area contributed by atoms with Gasteiger partial charge in [0.1, 0.15) is 12.1 Å². The first-order valence-corrected chi connectivity index (χ1v) is 48.2. The van der Waals surface area contributed by atoms with E-state index in [2.05, 4.69) is 58.5 Å². The number of hydrogen-bond acceptors (Lipinski definition) is 17. The zero-order valence-corrected chi connectivity index (χ0v) is 73.3. The number of rotatable bonds is 39. The zero-order valence-electron chi connectivity index (χ0n) is 64.8. The fraction of sp³-hybridized carbons (Fsp3) is 0.526. The molecule has 28 nitrogen and oxygen atoms in total. The Balaban J connectivity index is 1.33. The number of hydrogen-bond donors (Lipinski definition) is 14. The number of nitrogens with one attached hydrogen (secondary N) is 11. The molecule has 2 fully saturated rings. The Kier molecular flexibility index (Phi) is 40.8. The fourth-order valence-electron chi connectivity index (χ4n) is 11.9. The maximum absolute atomic E-state index is 15.3. The Hall–Kier alpha value is -7.31. The molecule has 4 aromatic carbocycles. The van der Waals surface area contributed by atoms with Crippen molar-refractivity contribution in [3.63, 3.8) is 0 Å². The van der Waals surface area contributed by atoms with Crippen LogP contribution >= 0.6 is 21.6 Å². The van der Waals surface area contributed by atoms with Crippen molar-refractivity contribution in [2.45, 2.75) is 206 Å². The number of nitrogens with zero attached hydrogens (tertiary/aromatic N) is 1. The van der Waals surface area contributed by atoms with Crippen molar-refractivity contribution in [3.8, 4) is 0 Å². The van der Waals surface area contributed by atoms with E-state index in [9.17, 15) is 38.7 Å². The number of carbonyl (C=O) groups excluding carboxylic acids is 12. The van der Waals surface area contributed by atoms with Crippen molar-refractivity contribution in [1.82, 2.24) is 63.4 Å². The third-order valence-electron chi connectivity index (χ3n) is 18.9. The number of carboxylic acids is 1. The van der Waals surface area contributed by atoms with Crippen molar-refractivity contribution >= 4 is 176 Å². The Labute approximate surface area is 689 Å². The van der Waals surface area contributed by atoms with Gasteiger partial charge in [0.15, 0.2) is 0 Å². The Bertz CT molecular complexity index is 3760. The number of nitrogens with two attached hydrogens (primary N) is 2. The average Bonchev–Trinajstić information content (AvgIpc) is 1.59. The summed E-state index contributed by atoms with van der Waals surface area (Å²) in [6, 6.07) is 22.6. The van der Waals surface area contributed by atoms with Gasteiger partial charge in [0.05, 0.1) is 0 Å². The Morgan fingerprint density at radius 1 is 0.562 bits per heavy atom. The van der Waals surface area contributed by atoms with Gasteiger partial charge in [-0.05, 0) is 32.7 Å². The van der Waals surface area contributed by atoms with Gasteiger partial charge in [0.2, 0.25) is 5.91 Å². The molecule has 16 N–H and O–H groups in total. The predicted molar refractivity (Wildman–Crippen MR) is 440 cm³/mol. The predicted octanol–water partition coefficient (Wildman–Crippen LogP) is -0.392. The summed E-state index contributed by atoms with van der Waals surface area (Å²) >= 11 is -1.67. The maximum atomic E-state index is 15.3. The van der Waals surface area contributed by atoms with Gasteiger partial charge in [0, 0.05) is 0 Å². The van der Waals surface area contributed by atoms with Crippen LogP contribution in [0, 0.1) is 17.8 Å². The van der Waals surface area contributed by atoms with Crippen LogP contribution in [0.15, 0.2) is 121 Å². The van der Waals surface area contributed by atoms with Crippen LogP contribution in [0.1, 0.15) is 114 Å². The van der Waals surface area contributed by atoms with Crippen molar-refractivity contribution in [1.29, 1.82) is 0 Å². The molecule has 16 atom stereocenters. The first-order chi connectivity index (χ1) is 53.5. The molecule has 0 spiro atoms. The zero-order chi connectivity index (χ0) is 82.0. The van der Waals surface area contributed by atoms with Crippen LogP contribution in [-0.2, 0) is 62.3 Å². The molecule has 4 aromatic rings. The van der Waals surface area contributed by atoms with Gasteiger partial charge in [-0.15, -0.1) is 0 Å². The number of carboxylic acid groups (broad SMARTS) is 1. The third-order valence-corrected chi connectivity index (χ3v) is 30.9. The first kappa shape index (κ1) is 93.5. The molecular formula is C78H110N14O14S2Se4. The fourth-order valence-corrected chi connectivity index (χ4v) is 22.6. The van der Waals surface area contributed by atoms with Gasteiger partial charge in [-0.1, -0.05) is 0 Å². The van der Waals surface area contributed by atoms with Crippen LogP contribution in [0.4, 0.5) is 0 Å². The molecule has 34 heteroatoms. The van der Waals surface area contributed by atoms with Gasteiger partial charge in [-0.2, -0.15) is 0 Å². The quantitative estimate of drug-likeness (QED) is 0.0154. The van der Waals surface area contributed by atoms with Gasteiger partial charge in [-0.25, -0.2) is 0 Å². The van der Waals surface area contributed by atoms with E-state index in [1.165, 1.54) is 11.8 Å². The number of unbranched alkanes of at least 4 members (excludes halogenated alkanes) is 1. The second-order valence-corrected chi connectivity index (χ2v) is 41.4. The van der Waals surface area contributed by atoms with E-state index in [0.717, 1.165) is 39.4 Å². The molecule has 2 aliphatic rings. The third kappa shape index (κ3) is 30.8. The number of aliphatic carboxylic acids is 1. The first-order valence-electron chi connectivity index (χ1n) is 37.8. The van der Waals surface area contributed by atoms with Crippen molar-refractivity contribution in [2.75, 3.05) is 31.1 Å². The summed E-state index contributed by atoms with van der Waals surface area (Å²) in [5, 5.41) is 40.7. The van der Waals surface area contributed by atoms with Crippen molar-refractivity contribution < 1.29 is 67.4 Å². The summed E-state index contributed by atoms with van der Waals surface area (Å²) in [4.78, 5) is 188. The minimum absolute atomic E-state index is 0.00968. The van der Waals surface area contributed by atoms with E-state index in [4.69, 9.17) is 11.5 Å². The summed E-state index contributed by atoms with van der Waals surface area (Å²) < 4.78 is 3.69. The SMILES string of the molecule is CC[C@H](C)[C@H](N)C(=O)N[C@H](C(=O)N[C@@H](C[Se]c1ccccc1)C(=O)N[C@H](C(=O)N[C@@H](C[Se]c1ccccc1)C(=O)N[C@@H](CC(C)C)C(=O)N[C@H]1CSSC[C@@H](C(=O)N[C@@H](CCCCN)C(=O)N[C@@H](C)C(=O)O)NC(=O)CNC(=O)[C@@H]2CCCN2C(=O)[C@H]([C@H](C)[Se]c2ccccc2)NC1=O)[C@@H](C)CC)[C@H](C)[Se]c1ccccc1. The molecule has 2 aliphatic heterocycles. The molecule has 2 heterocycles. The molecule has 0 aromatic heterocycles. The monoisotopic (exact) mass is 1850 g/mol. The van der Waals surface area contributed by atoms with Gasteiger partial charge < -0.3 is 16.2 Å². The van der Waals surface area contributed by atoms with E-state index in [-0.39, 0.29) is 81.3 Å². The molecule has 0 saturated carbocycles. The van der Waals surface area contributed by atoms with Crippen LogP contribution in [0.5, 0.6) is 0 Å². The Morgan fingerprint density at radius 2 is 1.07 bits per heavy atom. The molecule has 0 aliphatic carbocycles.